The van der Waals surface area contributed by atoms with Crippen LogP contribution in [-0.2, 0) is 4.74 Å². The zero-order chi connectivity index (χ0) is 14.4. The van der Waals surface area contributed by atoms with E-state index in [1.807, 2.05) is 5.43 Å². The zero-order valence-corrected chi connectivity index (χ0v) is 10.1. The van der Waals surface area contributed by atoms with Gasteiger partial charge in [0.2, 0.25) is 5.75 Å². The monoisotopic (exact) mass is 269 g/mol. The van der Waals surface area contributed by atoms with E-state index in [-0.39, 0.29) is 17.1 Å². The Morgan fingerprint density at radius 2 is 2.21 bits per heavy atom. The van der Waals surface area contributed by atoms with Crippen LogP contribution in [0, 0.1) is 10.1 Å². The molecule has 0 aliphatic rings. The summed E-state index contributed by atoms with van der Waals surface area (Å²) in [6.07, 6.45) is 0.224. The largest absolute Gasteiger partial charge is 0.504 e. The van der Waals surface area contributed by atoms with Gasteiger partial charge in [-0.15, -0.1) is 0 Å². The molecule has 1 rings (SSSR count). The number of carbonyl (C=O) groups is 1. The topological polar surface area (TPSA) is 123 Å². The van der Waals surface area contributed by atoms with E-state index in [4.69, 9.17) is 4.74 Å². The Bertz CT molecular complexity index is 528. The van der Waals surface area contributed by atoms with E-state index in [1.165, 1.54) is 19.2 Å². The van der Waals surface area contributed by atoms with Gasteiger partial charge in [-0.1, -0.05) is 0 Å². The number of carbonyl (C=O) groups excluding carboxylic acids is 1. The lowest BCUT2D eigenvalue weighted by Crippen LogP contribution is -2.16. The number of aromatic hydroxyl groups is 1. The van der Waals surface area contributed by atoms with Gasteiger partial charge in [-0.05, 0) is 12.1 Å². The van der Waals surface area contributed by atoms with E-state index in [0.717, 1.165) is 13.3 Å². The summed E-state index contributed by atoms with van der Waals surface area (Å²) in [5, 5.41) is 23.9. The van der Waals surface area contributed by atoms with Gasteiger partial charge in [-0.3, -0.25) is 10.1 Å². The van der Waals surface area contributed by atoms with Crippen molar-refractivity contribution >= 4 is 18.0 Å². The molecule has 0 saturated heterocycles. The lowest BCUT2D eigenvalue weighted by molar-refractivity contribution is -0.386. The maximum Gasteiger partial charge on any atom is 0.427 e. The maximum atomic E-state index is 10.9. The second-order valence-electron chi connectivity index (χ2n) is 3.17. The number of nitro groups is 1. The molecule has 1 aromatic carbocycles. The van der Waals surface area contributed by atoms with Crippen molar-refractivity contribution in [3.05, 3.63) is 27.8 Å². The number of benzene rings is 1. The van der Waals surface area contributed by atoms with Crippen molar-refractivity contribution in [3.8, 4) is 11.5 Å². The van der Waals surface area contributed by atoms with Gasteiger partial charge in [0.05, 0.1) is 30.9 Å². The van der Waals surface area contributed by atoms with E-state index >= 15 is 0 Å². The third kappa shape index (κ3) is 3.31. The number of methoxy groups -OCH3 is 2. The number of phenols is 1. The normalized spacial score (nSPS) is 10.2. The summed E-state index contributed by atoms with van der Waals surface area (Å²) >= 11 is 0. The molecule has 0 unspecified atom stereocenters. The molecule has 0 spiro atoms. The highest BCUT2D eigenvalue weighted by Crippen LogP contribution is 2.37. The first-order chi connectivity index (χ1) is 9.01. The Kier molecular flexibility index (Phi) is 4.63. The average molecular weight is 269 g/mol. The molecule has 0 aliphatic carbocycles. The maximum absolute atomic E-state index is 10.9. The first-order valence-corrected chi connectivity index (χ1v) is 4.92. The van der Waals surface area contributed by atoms with Crippen molar-refractivity contribution in [2.24, 2.45) is 5.10 Å². The first kappa shape index (κ1) is 14.2. The van der Waals surface area contributed by atoms with Crippen LogP contribution in [0.15, 0.2) is 17.2 Å². The van der Waals surface area contributed by atoms with Crippen LogP contribution in [0.1, 0.15) is 5.56 Å². The number of hydrogen-bond donors (Lipinski definition) is 2. The summed E-state index contributed by atoms with van der Waals surface area (Å²) in [6, 6.07) is 2.48. The molecule has 0 saturated carbocycles. The van der Waals surface area contributed by atoms with Gasteiger partial charge in [-0.25, -0.2) is 10.2 Å². The highest BCUT2D eigenvalue weighted by Gasteiger charge is 2.23. The molecule has 1 amide bonds. The van der Waals surface area contributed by atoms with Crippen molar-refractivity contribution in [2.45, 2.75) is 0 Å². The third-order valence-corrected chi connectivity index (χ3v) is 2.07. The summed E-state index contributed by atoms with van der Waals surface area (Å²) in [6.45, 7) is 0. The number of hydrazone groups is 1. The van der Waals surface area contributed by atoms with E-state index in [1.54, 1.807) is 0 Å². The molecule has 1 aromatic rings. The fourth-order valence-corrected chi connectivity index (χ4v) is 1.27. The molecule has 0 heterocycles. The highest BCUT2D eigenvalue weighted by molar-refractivity contribution is 5.88. The SMILES string of the molecule is COC(=O)N/N=C/c1ccc(O)c(OC)c1[N+](=O)[O-]. The minimum Gasteiger partial charge on any atom is -0.504 e. The zero-order valence-electron chi connectivity index (χ0n) is 10.1. The lowest BCUT2D eigenvalue weighted by atomic mass is 10.1. The standard InChI is InChI=1S/C10H11N3O6/c1-18-9-7(14)4-3-6(8(9)13(16)17)5-11-12-10(15)19-2/h3-5,14H,1-2H3,(H,12,15)/b11-5+. The van der Waals surface area contributed by atoms with Gasteiger partial charge >= 0.3 is 11.8 Å². The molecule has 19 heavy (non-hydrogen) atoms. The fourth-order valence-electron chi connectivity index (χ4n) is 1.27. The number of amides is 1. The fraction of sp³-hybridized carbons (Fsp3) is 0.200. The van der Waals surface area contributed by atoms with Crippen LogP contribution >= 0.6 is 0 Å². The molecule has 2 N–H and O–H groups in total. The smallest absolute Gasteiger partial charge is 0.427 e. The Morgan fingerprint density at radius 1 is 1.53 bits per heavy atom. The number of nitro benzene ring substituents is 1. The van der Waals surface area contributed by atoms with Crippen molar-refractivity contribution in [2.75, 3.05) is 14.2 Å². The molecule has 0 aliphatic heterocycles. The van der Waals surface area contributed by atoms with E-state index < -0.39 is 16.7 Å². The van der Waals surface area contributed by atoms with Crippen LogP contribution in [-0.4, -0.2) is 36.6 Å². The lowest BCUT2D eigenvalue weighted by Gasteiger charge is -2.05. The molecule has 0 bridgehead atoms. The minimum absolute atomic E-state index is 0.0519. The molecular formula is C10H11N3O6. The molecular weight excluding hydrogens is 258 g/mol. The summed E-state index contributed by atoms with van der Waals surface area (Å²) in [5.74, 6) is -0.653. The number of nitrogens with one attached hydrogen (secondary N) is 1. The van der Waals surface area contributed by atoms with Crippen LogP contribution in [0.3, 0.4) is 0 Å². The van der Waals surface area contributed by atoms with Crippen LogP contribution in [0.25, 0.3) is 0 Å². The second kappa shape index (κ2) is 6.19. The summed E-state index contributed by atoms with van der Waals surface area (Å²) < 4.78 is 9.03. The summed E-state index contributed by atoms with van der Waals surface area (Å²) in [5.41, 5.74) is 1.57. The second-order valence-corrected chi connectivity index (χ2v) is 3.17. The number of hydrogen-bond acceptors (Lipinski definition) is 7. The average Bonchev–Trinajstić information content (AvgIpc) is 2.39. The van der Waals surface area contributed by atoms with Gasteiger partial charge in [-0.2, -0.15) is 5.10 Å². The van der Waals surface area contributed by atoms with Crippen LogP contribution in [0.5, 0.6) is 11.5 Å². The predicted molar refractivity (Wildman–Crippen MR) is 64.4 cm³/mol. The van der Waals surface area contributed by atoms with E-state index in [2.05, 4.69) is 9.84 Å². The van der Waals surface area contributed by atoms with E-state index in [0.29, 0.717) is 0 Å². The number of nitrogens with zero attached hydrogens (tertiary/aromatic N) is 2. The van der Waals surface area contributed by atoms with E-state index in [9.17, 15) is 20.0 Å². The highest BCUT2D eigenvalue weighted by atomic mass is 16.6. The Labute approximate surface area is 107 Å². The Balaban J connectivity index is 3.14. The van der Waals surface area contributed by atoms with Crippen LogP contribution in [0.2, 0.25) is 0 Å². The van der Waals surface area contributed by atoms with Gasteiger partial charge in [0, 0.05) is 0 Å². The van der Waals surface area contributed by atoms with Crippen molar-refractivity contribution in [3.63, 3.8) is 0 Å². The number of phenolic OH excluding ortho intramolecular Hbond substituents is 1. The minimum atomic E-state index is -0.815. The first-order valence-electron chi connectivity index (χ1n) is 4.92. The quantitative estimate of drug-likeness (QED) is 0.477. The molecule has 9 heteroatoms. The van der Waals surface area contributed by atoms with Crippen LogP contribution in [0.4, 0.5) is 10.5 Å². The number of rotatable bonds is 4. The Hall–Kier alpha value is -2.84. The van der Waals surface area contributed by atoms with Gasteiger partial charge < -0.3 is 14.6 Å². The molecule has 0 atom stereocenters. The molecule has 9 nitrogen and oxygen atoms in total. The van der Waals surface area contributed by atoms with Crippen molar-refractivity contribution in [1.29, 1.82) is 0 Å². The van der Waals surface area contributed by atoms with Gasteiger partial charge in [0.25, 0.3) is 0 Å². The van der Waals surface area contributed by atoms with Gasteiger partial charge in [0.15, 0.2) is 5.75 Å². The van der Waals surface area contributed by atoms with Crippen molar-refractivity contribution in [1.82, 2.24) is 5.43 Å². The van der Waals surface area contributed by atoms with Gasteiger partial charge in [0.1, 0.15) is 0 Å². The summed E-state index contributed by atoms with van der Waals surface area (Å²) in [7, 11) is 2.34. The van der Waals surface area contributed by atoms with Crippen LogP contribution < -0.4 is 10.2 Å². The summed E-state index contributed by atoms with van der Waals surface area (Å²) in [4.78, 5) is 21.0. The molecule has 0 fully saturated rings. The predicted octanol–water partition coefficient (Wildman–Crippen LogP) is 0.999. The molecule has 102 valence electrons. The Morgan fingerprint density at radius 3 is 2.74 bits per heavy atom. The number of ether oxygens (including phenoxy) is 2. The molecule has 0 aromatic heterocycles. The van der Waals surface area contributed by atoms with Crippen molar-refractivity contribution < 1.29 is 24.3 Å². The molecule has 0 radical (unpaired) electrons. The third-order valence-electron chi connectivity index (χ3n) is 2.07.